The van der Waals surface area contributed by atoms with E-state index in [-0.39, 0.29) is 11.7 Å². The van der Waals surface area contributed by atoms with E-state index in [0.717, 1.165) is 4.48 Å². The molecular weight excluding hydrogens is 429 g/mol. The lowest BCUT2D eigenvalue weighted by molar-refractivity contribution is 0.00754. The number of rotatable bonds is 3. The third kappa shape index (κ3) is 4.51. The predicted molar refractivity (Wildman–Crippen MR) is 104 cm³/mol. The highest BCUT2D eigenvalue weighted by atomic mass is 79.9. The van der Waals surface area contributed by atoms with Crippen molar-refractivity contribution in [2.75, 3.05) is 26.3 Å². The Bertz CT molecular complexity index is 703. The minimum absolute atomic E-state index is 0.0713. The number of alkyl halides is 2. The summed E-state index contributed by atoms with van der Waals surface area (Å²) in [6.45, 7) is 4.09. The Labute approximate surface area is 164 Å². The maximum absolute atomic E-state index is 14.2. The number of nitrogens with zero attached hydrogens (tertiary/aromatic N) is 4. The largest absolute Gasteiger partial charge is 0.510 e. The highest BCUT2D eigenvalue weighted by Crippen LogP contribution is 2.30. The summed E-state index contributed by atoms with van der Waals surface area (Å²) in [6.07, 6.45) is 1.61. The first-order chi connectivity index (χ1) is 12.5. The molecule has 0 radical (unpaired) electrons. The Hall–Kier alpha value is -1.29. The first-order valence-corrected chi connectivity index (χ1v) is 9.50. The molecule has 3 unspecified atom stereocenters. The molecule has 2 N–H and O–H groups in total. The van der Waals surface area contributed by atoms with E-state index in [4.69, 9.17) is 16.3 Å². The van der Waals surface area contributed by atoms with Crippen molar-refractivity contribution in [3.63, 3.8) is 0 Å². The monoisotopic (exact) mass is 447 g/mol. The molecule has 3 rings (SSSR count). The van der Waals surface area contributed by atoms with Crippen molar-refractivity contribution in [3.8, 4) is 0 Å². The fraction of sp³-hybridized carbons (Fsp3) is 0.562. The Morgan fingerprint density at radius 3 is 2.96 bits per heavy atom. The van der Waals surface area contributed by atoms with Crippen molar-refractivity contribution in [3.05, 3.63) is 21.9 Å². The van der Waals surface area contributed by atoms with Crippen molar-refractivity contribution < 1.29 is 14.2 Å². The van der Waals surface area contributed by atoms with Gasteiger partial charge in [0.25, 0.3) is 0 Å². The average Bonchev–Trinajstić information content (AvgIpc) is 2.64. The van der Waals surface area contributed by atoms with Gasteiger partial charge in [0.1, 0.15) is 11.9 Å². The molecule has 0 aromatic carbocycles. The Kier molecular flexibility index (Phi) is 6.44. The predicted octanol–water partition coefficient (Wildman–Crippen LogP) is 2.49. The number of hydrogen-bond acceptors (Lipinski definition) is 7. The Morgan fingerprint density at radius 1 is 1.50 bits per heavy atom. The second-order valence-electron chi connectivity index (χ2n) is 6.11. The molecule has 1 aliphatic carbocycles. The van der Waals surface area contributed by atoms with Gasteiger partial charge in [-0.1, -0.05) is 15.9 Å². The summed E-state index contributed by atoms with van der Waals surface area (Å²) in [5.74, 6) is 0.290. The van der Waals surface area contributed by atoms with Crippen LogP contribution in [0.15, 0.2) is 37.0 Å². The number of aliphatic hydroxyl groups excluding tert-OH is 1. The zero-order valence-electron chi connectivity index (χ0n) is 14.2. The van der Waals surface area contributed by atoms with Crippen LogP contribution >= 0.6 is 27.5 Å². The van der Waals surface area contributed by atoms with Crippen LogP contribution in [-0.4, -0.2) is 71.9 Å². The zero-order valence-corrected chi connectivity index (χ0v) is 16.5. The van der Waals surface area contributed by atoms with E-state index in [1.165, 1.54) is 6.21 Å². The molecule has 3 aliphatic rings. The molecule has 0 saturated carbocycles. The van der Waals surface area contributed by atoms with Gasteiger partial charge in [0.2, 0.25) is 5.96 Å². The normalized spacial score (nSPS) is 30.9. The van der Waals surface area contributed by atoms with Crippen LogP contribution < -0.4 is 5.43 Å². The molecule has 7 nitrogen and oxygen atoms in total. The minimum Gasteiger partial charge on any atom is -0.510 e. The number of allylic oxidation sites excluding steroid dienone is 4. The summed E-state index contributed by atoms with van der Waals surface area (Å²) >= 11 is 9.51. The van der Waals surface area contributed by atoms with Crippen LogP contribution in [0.5, 0.6) is 0 Å². The number of nitrogens with one attached hydrogen (secondary N) is 1. The molecule has 0 amide bonds. The van der Waals surface area contributed by atoms with Crippen molar-refractivity contribution in [2.45, 2.75) is 31.1 Å². The van der Waals surface area contributed by atoms with E-state index in [0.29, 0.717) is 44.0 Å². The molecule has 0 bridgehead atoms. The van der Waals surface area contributed by atoms with Crippen molar-refractivity contribution in [2.24, 2.45) is 15.1 Å². The van der Waals surface area contributed by atoms with Gasteiger partial charge in [-0.3, -0.25) is 4.90 Å². The zero-order chi connectivity index (χ0) is 18.7. The first-order valence-electron chi connectivity index (χ1n) is 8.27. The fourth-order valence-corrected chi connectivity index (χ4v) is 3.86. The van der Waals surface area contributed by atoms with Gasteiger partial charge in [-0.2, -0.15) is 5.10 Å². The lowest BCUT2D eigenvalue weighted by atomic mass is 10.0. The number of guanidine groups is 1. The molecule has 2 aliphatic heterocycles. The third-order valence-electron chi connectivity index (χ3n) is 4.26. The summed E-state index contributed by atoms with van der Waals surface area (Å²) < 4.78 is 20.3. The van der Waals surface area contributed by atoms with Gasteiger partial charge >= 0.3 is 0 Å². The van der Waals surface area contributed by atoms with Crippen molar-refractivity contribution >= 4 is 45.4 Å². The smallest absolute Gasteiger partial charge is 0.240 e. The van der Waals surface area contributed by atoms with Crippen LogP contribution in [0.25, 0.3) is 0 Å². The van der Waals surface area contributed by atoms with E-state index in [1.807, 2.05) is 4.90 Å². The van der Waals surface area contributed by atoms with Crippen LogP contribution in [0.1, 0.15) is 13.3 Å². The quantitative estimate of drug-likeness (QED) is 0.395. The molecule has 1 fully saturated rings. The summed E-state index contributed by atoms with van der Waals surface area (Å²) in [5.41, 5.74) is 3.79. The lowest BCUT2D eigenvalue weighted by Gasteiger charge is -2.33. The van der Waals surface area contributed by atoms with Crippen LogP contribution in [0.4, 0.5) is 4.39 Å². The first kappa shape index (κ1) is 19.5. The third-order valence-corrected chi connectivity index (χ3v) is 5.17. The molecular formula is C16H20BrClFN5O2. The van der Waals surface area contributed by atoms with Gasteiger partial charge < -0.3 is 9.84 Å². The van der Waals surface area contributed by atoms with Gasteiger partial charge in [0.15, 0.2) is 6.17 Å². The SMILES string of the molecule is C/C(=N\NC1=NC(N2CCOCC2)C(F)C=N1)C1=C(O)C(Cl)CC(Br)=C1. The maximum atomic E-state index is 14.2. The van der Waals surface area contributed by atoms with Crippen molar-refractivity contribution in [1.29, 1.82) is 0 Å². The lowest BCUT2D eigenvalue weighted by Crippen LogP contribution is -2.49. The molecule has 0 aromatic heterocycles. The molecule has 1 saturated heterocycles. The van der Waals surface area contributed by atoms with E-state index in [9.17, 15) is 9.50 Å². The van der Waals surface area contributed by atoms with Crippen molar-refractivity contribution in [1.82, 2.24) is 10.3 Å². The van der Waals surface area contributed by atoms with Crippen LogP contribution in [0.2, 0.25) is 0 Å². The van der Waals surface area contributed by atoms with E-state index >= 15 is 0 Å². The number of morpholine rings is 1. The van der Waals surface area contributed by atoms with E-state index in [1.54, 1.807) is 13.0 Å². The van der Waals surface area contributed by atoms with Crippen LogP contribution in [0.3, 0.4) is 0 Å². The average molecular weight is 449 g/mol. The van der Waals surface area contributed by atoms with Gasteiger partial charge in [-0.25, -0.2) is 19.8 Å². The van der Waals surface area contributed by atoms with E-state index < -0.39 is 17.7 Å². The topological polar surface area (TPSA) is 81.8 Å². The molecule has 26 heavy (non-hydrogen) atoms. The summed E-state index contributed by atoms with van der Waals surface area (Å²) in [7, 11) is 0. The highest BCUT2D eigenvalue weighted by molar-refractivity contribution is 9.11. The highest BCUT2D eigenvalue weighted by Gasteiger charge is 2.30. The van der Waals surface area contributed by atoms with Gasteiger partial charge in [-0.15, -0.1) is 11.6 Å². The molecule has 0 aromatic rings. The number of ether oxygens (including phenoxy) is 1. The Morgan fingerprint density at radius 2 is 2.23 bits per heavy atom. The number of aliphatic imine (C=N–C) groups is 2. The Balaban J connectivity index is 1.72. The van der Waals surface area contributed by atoms with Crippen LogP contribution in [-0.2, 0) is 4.74 Å². The number of hydrazone groups is 1. The molecule has 3 atom stereocenters. The fourth-order valence-electron chi connectivity index (χ4n) is 2.84. The standard InChI is InChI=1S/C16H20BrClFN5O2/c1-9(11-6-10(17)7-12(18)14(11)25)22-23-16-20-8-13(19)15(21-16)24-2-4-26-5-3-24/h6,8,12-13,15,25H,2-5,7H2,1H3,(H,21,23)/b22-9+. The number of aliphatic hydroxyl groups is 1. The summed E-state index contributed by atoms with van der Waals surface area (Å²) in [5, 5.41) is 13.9. The summed E-state index contributed by atoms with van der Waals surface area (Å²) in [4.78, 5) is 10.2. The molecule has 0 spiro atoms. The number of hydrogen-bond donors (Lipinski definition) is 2. The van der Waals surface area contributed by atoms with Gasteiger partial charge in [-0.05, 0) is 17.5 Å². The number of halogens is 3. The minimum atomic E-state index is -1.27. The summed E-state index contributed by atoms with van der Waals surface area (Å²) in [6, 6.07) is 0. The van der Waals surface area contributed by atoms with Gasteiger partial charge in [0, 0.05) is 31.3 Å². The van der Waals surface area contributed by atoms with Crippen LogP contribution in [0, 0.1) is 0 Å². The molecule has 2 heterocycles. The second kappa shape index (κ2) is 8.60. The van der Waals surface area contributed by atoms with Gasteiger partial charge in [0.05, 0.1) is 24.3 Å². The van der Waals surface area contributed by atoms with E-state index in [2.05, 4.69) is 36.4 Å². The maximum Gasteiger partial charge on any atom is 0.240 e. The second-order valence-corrected chi connectivity index (χ2v) is 7.65. The molecule has 10 heteroatoms. The molecule has 142 valence electrons.